The standard InChI is InChI=1S/C50H31N5/c1-2-17-34(18-3-1)50-53-46(39-26-13-19-32-15-4-6-23-37(32)39)44(47(54-50)40-27-14-20-33-16-5-7-24-38(33)40)35-21-12-22-36(31-35)45-49-48(41-25-8-9-28-42(41)51-45)52-43-29-10-11-30-55(43)49/h1-31H. The molecule has 0 aliphatic rings. The lowest BCUT2D eigenvalue weighted by atomic mass is 9.89. The Balaban J connectivity index is 1.26. The zero-order chi connectivity index (χ0) is 36.3. The molecule has 256 valence electrons. The number of hydrogen-bond donors (Lipinski definition) is 0. The molecule has 4 aromatic heterocycles. The van der Waals surface area contributed by atoms with E-state index in [2.05, 4.69) is 150 Å². The Morgan fingerprint density at radius 1 is 0.382 bits per heavy atom. The lowest BCUT2D eigenvalue weighted by Gasteiger charge is -2.19. The number of rotatable bonds is 5. The van der Waals surface area contributed by atoms with Crippen molar-refractivity contribution in [2.24, 2.45) is 0 Å². The summed E-state index contributed by atoms with van der Waals surface area (Å²) in [7, 11) is 0. The van der Waals surface area contributed by atoms with E-state index in [4.69, 9.17) is 19.9 Å². The average molecular weight is 702 g/mol. The number of nitrogens with zero attached hydrogens (tertiary/aromatic N) is 5. The highest BCUT2D eigenvalue weighted by molar-refractivity contribution is 6.10. The summed E-state index contributed by atoms with van der Waals surface area (Å²) in [6.45, 7) is 0. The fourth-order valence-corrected chi connectivity index (χ4v) is 8.08. The first-order valence-electron chi connectivity index (χ1n) is 18.5. The maximum Gasteiger partial charge on any atom is 0.160 e. The summed E-state index contributed by atoms with van der Waals surface area (Å²) in [5, 5.41) is 5.60. The fraction of sp³-hybridized carbons (Fsp3) is 0. The maximum absolute atomic E-state index is 5.49. The molecule has 0 aliphatic heterocycles. The molecule has 7 aromatic carbocycles. The topological polar surface area (TPSA) is 56.0 Å². The number of benzene rings is 7. The number of para-hydroxylation sites is 1. The molecule has 0 spiro atoms. The van der Waals surface area contributed by atoms with Gasteiger partial charge < -0.3 is 0 Å². The summed E-state index contributed by atoms with van der Waals surface area (Å²) in [6.07, 6.45) is 2.07. The molecule has 5 nitrogen and oxygen atoms in total. The predicted octanol–water partition coefficient (Wildman–Crippen LogP) is 12.5. The van der Waals surface area contributed by atoms with Gasteiger partial charge in [0.25, 0.3) is 0 Å². The summed E-state index contributed by atoms with van der Waals surface area (Å²) in [5.74, 6) is 0.676. The predicted molar refractivity (Wildman–Crippen MR) is 226 cm³/mol. The van der Waals surface area contributed by atoms with Crippen LogP contribution < -0.4 is 0 Å². The monoisotopic (exact) mass is 701 g/mol. The lowest BCUT2D eigenvalue weighted by molar-refractivity contribution is 1.19. The van der Waals surface area contributed by atoms with E-state index in [0.717, 1.165) is 99.6 Å². The average Bonchev–Trinajstić information content (AvgIpc) is 3.66. The minimum absolute atomic E-state index is 0.676. The van der Waals surface area contributed by atoms with Crippen LogP contribution >= 0.6 is 0 Å². The van der Waals surface area contributed by atoms with Crippen molar-refractivity contribution in [3.63, 3.8) is 0 Å². The first-order valence-corrected chi connectivity index (χ1v) is 18.5. The van der Waals surface area contributed by atoms with Crippen LogP contribution in [0.1, 0.15) is 0 Å². The van der Waals surface area contributed by atoms with Gasteiger partial charge in [0.1, 0.15) is 11.2 Å². The highest BCUT2D eigenvalue weighted by Gasteiger charge is 2.24. The number of hydrogen-bond acceptors (Lipinski definition) is 4. The molecule has 0 radical (unpaired) electrons. The zero-order valence-corrected chi connectivity index (χ0v) is 29.6. The van der Waals surface area contributed by atoms with E-state index >= 15 is 0 Å². The Hall–Kier alpha value is -7.50. The van der Waals surface area contributed by atoms with Crippen molar-refractivity contribution in [3.05, 3.63) is 188 Å². The minimum atomic E-state index is 0.676. The molecule has 0 saturated heterocycles. The third-order valence-corrected chi connectivity index (χ3v) is 10.6. The summed E-state index contributed by atoms with van der Waals surface area (Å²) in [5.41, 5.74) is 12.3. The van der Waals surface area contributed by atoms with E-state index in [1.54, 1.807) is 0 Å². The van der Waals surface area contributed by atoms with Crippen molar-refractivity contribution in [2.75, 3.05) is 0 Å². The highest BCUT2D eigenvalue weighted by atomic mass is 15.0. The summed E-state index contributed by atoms with van der Waals surface area (Å²) in [4.78, 5) is 21.4. The van der Waals surface area contributed by atoms with Gasteiger partial charge in [-0.05, 0) is 51.4 Å². The Kier molecular flexibility index (Phi) is 7.10. The van der Waals surface area contributed by atoms with Crippen molar-refractivity contribution >= 4 is 49.1 Å². The molecule has 0 bridgehead atoms. The van der Waals surface area contributed by atoms with Crippen LogP contribution in [0.2, 0.25) is 0 Å². The van der Waals surface area contributed by atoms with E-state index in [1.165, 1.54) is 0 Å². The zero-order valence-electron chi connectivity index (χ0n) is 29.6. The van der Waals surface area contributed by atoms with Gasteiger partial charge in [0.05, 0.1) is 28.1 Å². The first kappa shape index (κ1) is 31.1. The maximum atomic E-state index is 5.49. The second-order valence-electron chi connectivity index (χ2n) is 13.8. The summed E-state index contributed by atoms with van der Waals surface area (Å²) >= 11 is 0. The molecular formula is C50H31N5. The molecule has 11 aromatic rings. The smallest absolute Gasteiger partial charge is 0.160 e. The van der Waals surface area contributed by atoms with Crippen molar-refractivity contribution < 1.29 is 0 Å². The molecule has 0 fully saturated rings. The van der Waals surface area contributed by atoms with Crippen LogP contribution in [0.15, 0.2) is 188 Å². The van der Waals surface area contributed by atoms with Crippen LogP contribution in [0, 0.1) is 0 Å². The van der Waals surface area contributed by atoms with Crippen LogP contribution in [0.25, 0.3) is 105 Å². The Morgan fingerprint density at radius 3 is 1.67 bits per heavy atom. The van der Waals surface area contributed by atoms with Gasteiger partial charge >= 0.3 is 0 Å². The van der Waals surface area contributed by atoms with E-state index < -0.39 is 0 Å². The van der Waals surface area contributed by atoms with E-state index in [-0.39, 0.29) is 0 Å². The van der Waals surface area contributed by atoms with E-state index in [1.807, 2.05) is 42.5 Å². The van der Waals surface area contributed by atoms with Crippen LogP contribution in [0.3, 0.4) is 0 Å². The summed E-state index contributed by atoms with van der Waals surface area (Å²) < 4.78 is 2.15. The fourth-order valence-electron chi connectivity index (χ4n) is 8.08. The van der Waals surface area contributed by atoms with Crippen LogP contribution in [-0.4, -0.2) is 24.3 Å². The van der Waals surface area contributed by atoms with Gasteiger partial charge in [-0.15, -0.1) is 0 Å². The second-order valence-corrected chi connectivity index (χ2v) is 13.8. The largest absolute Gasteiger partial charge is 0.298 e. The minimum Gasteiger partial charge on any atom is -0.298 e. The van der Waals surface area contributed by atoms with Crippen molar-refractivity contribution in [1.29, 1.82) is 0 Å². The highest BCUT2D eigenvalue weighted by Crippen LogP contribution is 2.44. The molecule has 0 aliphatic carbocycles. The van der Waals surface area contributed by atoms with Crippen LogP contribution in [0.5, 0.6) is 0 Å². The van der Waals surface area contributed by atoms with Crippen molar-refractivity contribution in [2.45, 2.75) is 0 Å². The number of imidazole rings is 1. The lowest BCUT2D eigenvalue weighted by Crippen LogP contribution is -2.02. The van der Waals surface area contributed by atoms with Gasteiger partial charge in [0.2, 0.25) is 0 Å². The van der Waals surface area contributed by atoms with Gasteiger partial charge in [-0.2, -0.15) is 0 Å². The molecule has 0 atom stereocenters. The van der Waals surface area contributed by atoms with Gasteiger partial charge in [-0.25, -0.2) is 19.9 Å². The summed E-state index contributed by atoms with van der Waals surface area (Å²) in [6, 6.07) is 63.4. The molecule has 0 amide bonds. The molecule has 0 unspecified atom stereocenters. The normalized spacial score (nSPS) is 11.6. The third kappa shape index (κ3) is 5.09. The van der Waals surface area contributed by atoms with Gasteiger partial charge in [0.15, 0.2) is 5.82 Å². The van der Waals surface area contributed by atoms with Crippen LogP contribution in [-0.2, 0) is 0 Å². The molecule has 11 rings (SSSR count). The van der Waals surface area contributed by atoms with E-state index in [0.29, 0.717) is 5.82 Å². The Bertz CT molecular complexity index is 3160. The molecular weight excluding hydrogens is 671 g/mol. The van der Waals surface area contributed by atoms with Gasteiger partial charge in [-0.3, -0.25) is 4.40 Å². The molecule has 55 heavy (non-hydrogen) atoms. The third-order valence-electron chi connectivity index (χ3n) is 10.6. The number of aromatic nitrogens is 5. The van der Waals surface area contributed by atoms with Crippen molar-refractivity contribution in [3.8, 4) is 56.3 Å². The second kappa shape index (κ2) is 12.6. The molecule has 0 N–H and O–H groups in total. The first-order chi connectivity index (χ1) is 27.3. The van der Waals surface area contributed by atoms with Gasteiger partial charge in [0, 0.05) is 39.4 Å². The number of pyridine rings is 2. The quantitative estimate of drug-likeness (QED) is 0.179. The molecule has 4 heterocycles. The van der Waals surface area contributed by atoms with E-state index in [9.17, 15) is 0 Å². The molecule has 0 saturated carbocycles. The Morgan fingerprint density at radius 2 is 0.945 bits per heavy atom. The SMILES string of the molecule is c1ccc(-c2nc(-c3cccc4ccccc34)c(-c3cccc(-c4nc5ccccc5c5nc6ccccn6c45)c3)c(-c3cccc4ccccc34)n2)cc1. The Labute approximate surface area is 316 Å². The van der Waals surface area contributed by atoms with Crippen molar-refractivity contribution in [1.82, 2.24) is 24.3 Å². The molecule has 5 heteroatoms. The number of fused-ring (bicyclic) bond motifs is 7. The van der Waals surface area contributed by atoms with Gasteiger partial charge in [-0.1, -0.05) is 158 Å². The van der Waals surface area contributed by atoms with Crippen LogP contribution in [0.4, 0.5) is 0 Å².